The van der Waals surface area contributed by atoms with Crippen molar-refractivity contribution in [3.05, 3.63) is 60.5 Å². The quantitative estimate of drug-likeness (QED) is 0.244. The van der Waals surface area contributed by atoms with Gasteiger partial charge in [-0.3, -0.25) is 4.79 Å². The number of aromatic nitrogens is 1. The smallest absolute Gasteiger partial charge is 0.244 e. The summed E-state index contributed by atoms with van der Waals surface area (Å²) in [6.45, 7) is 5.28. The summed E-state index contributed by atoms with van der Waals surface area (Å²) in [5.41, 5.74) is 0.946. The molecular formula is C25H33FN2O2. The molecule has 0 aliphatic rings. The molecule has 0 saturated carbocycles. The number of carbonyl (C=O) groups is 1. The highest BCUT2D eigenvalue weighted by Crippen LogP contribution is 2.16. The van der Waals surface area contributed by atoms with E-state index in [4.69, 9.17) is 4.74 Å². The first kappa shape index (κ1) is 23.6. The molecule has 1 N–H and O–H groups in total. The van der Waals surface area contributed by atoms with Crippen LogP contribution in [0, 0.1) is 5.92 Å². The summed E-state index contributed by atoms with van der Waals surface area (Å²) in [6, 6.07) is 11.9. The van der Waals surface area contributed by atoms with Crippen LogP contribution in [0.5, 0.6) is 5.88 Å². The first-order chi connectivity index (χ1) is 14.5. The lowest BCUT2D eigenvalue weighted by Gasteiger charge is -2.06. The van der Waals surface area contributed by atoms with Crippen LogP contribution < -0.4 is 10.1 Å². The van der Waals surface area contributed by atoms with Crippen LogP contribution in [0.4, 0.5) is 4.39 Å². The number of fused-ring (bicyclic) bond motifs is 1. The molecule has 1 aromatic heterocycles. The molecule has 0 fully saturated rings. The molecule has 1 amide bonds. The summed E-state index contributed by atoms with van der Waals surface area (Å²) in [7, 11) is 0. The molecule has 0 unspecified atom stereocenters. The van der Waals surface area contributed by atoms with Crippen molar-refractivity contribution >= 4 is 16.8 Å². The summed E-state index contributed by atoms with van der Waals surface area (Å²) in [4.78, 5) is 16.0. The van der Waals surface area contributed by atoms with Crippen molar-refractivity contribution in [1.82, 2.24) is 10.3 Å². The summed E-state index contributed by atoms with van der Waals surface area (Å²) in [5, 5.41) is 3.83. The van der Waals surface area contributed by atoms with E-state index in [1.807, 2.05) is 50.2 Å². The second-order valence-corrected chi connectivity index (χ2v) is 7.81. The molecule has 1 aromatic carbocycles. The van der Waals surface area contributed by atoms with Crippen LogP contribution in [0.3, 0.4) is 0 Å². The number of allylic oxidation sites excluding steroid dienone is 3. The molecular weight excluding hydrogens is 379 g/mol. The van der Waals surface area contributed by atoms with Gasteiger partial charge in [-0.25, -0.2) is 9.37 Å². The van der Waals surface area contributed by atoms with E-state index in [1.165, 1.54) is 12.2 Å². The van der Waals surface area contributed by atoms with Crippen LogP contribution in [0.25, 0.3) is 10.9 Å². The van der Waals surface area contributed by atoms with Gasteiger partial charge in [0.25, 0.3) is 0 Å². The largest absolute Gasteiger partial charge is 0.478 e. The number of nitrogens with one attached hydrogen (secondary N) is 1. The molecule has 0 aliphatic carbocycles. The van der Waals surface area contributed by atoms with Crippen molar-refractivity contribution in [2.45, 2.75) is 52.4 Å². The molecule has 0 aliphatic heterocycles. The molecule has 162 valence electrons. The van der Waals surface area contributed by atoms with Crippen molar-refractivity contribution in [2.24, 2.45) is 5.92 Å². The number of carbonyl (C=O) groups excluding carboxylic acids is 1. The third kappa shape index (κ3) is 9.68. The van der Waals surface area contributed by atoms with E-state index in [1.54, 1.807) is 6.08 Å². The van der Waals surface area contributed by atoms with Gasteiger partial charge < -0.3 is 10.1 Å². The van der Waals surface area contributed by atoms with Crippen LogP contribution in [-0.4, -0.2) is 24.0 Å². The number of ether oxygens (including phenoxy) is 1. The Bertz CT molecular complexity index is 846. The maximum Gasteiger partial charge on any atom is 0.244 e. The fraction of sp³-hybridized carbons (Fsp3) is 0.440. The van der Waals surface area contributed by atoms with Crippen LogP contribution >= 0.6 is 0 Å². The van der Waals surface area contributed by atoms with E-state index < -0.39 is 0 Å². The molecule has 0 atom stereocenters. The first-order valence-corrected chi connectivity index (χ1v) is 10.8. The normalized spacial score (nSPS) is 12.1. The fourth-order valence-corrected chi connectivity index (χ4v) is 2.91. The van der Waals surface area contributed by atoms with Gasteiger partial charge in [0.2, 0.25) is 11.8 Å². The lowest BCUT2D eigenvalue weighted by atomic mass is 10.1. The SMILES string of the molecule is CC(C)CNC(=O)/C=C/C(F)=C/CCCCCCCOc1ccc2ccccc2n1. The van der Waals surface area contributed by atoms with E-state index in [9.17, 15) is 9.18 Å². The second-order valence-electron chi connectivity index (χ2n) is 7.81. The van der Waals surface area contributed by atoms with E-state index in [0.29, 0.717) is 31.4 Å². The molecule has 2 rings (SSSR count). The van der Waals surface area contributed by atoms with Crippen molar-refractivity contribution in [1.29, 1.82) is 0 Å². The molecule has 0 bridgehead atoms. The van der Waals surface area contributed by atoms with Crippen molar-refractivity contribution in [3.8, 4) is 5.88 Å². The number of pyridine rings is 1. The average molecular weight is 413 g/mol. The molecule has 0 spiro atoms. The summed E-state index contributed by atoms with van der Waals surface area (Å²) in [6.07, 6.45) is 9.85. The van der Waals surface area contributed by atoms with Crippen molar-refractivity contribution < 1.29 is 13.9 Å². The van der Waals surface area contributed by atoms with Crippen LogP contribution in [0.15, 0.2) is 60.5 Å². The van der Waals surface area contributed by atoms with E-state index >= 15 is 0 Å². The molecule has 0 saturated heterocycles. The van der Waals surface area contributed by atoms with Crippen LogP contribution in [0.2, 0.25) is 0 Å². The van der Waals surface area contributed by atoms with Crippen LogP contribution in [-0.2, 0) is 4.79 Å². The van der Waals surface area contributed by atoms with Gasteiger partial charge in [0.15, 0.2) is 0 Å². The van der Waals surface area contributed by atoms with Gasteiger partial charge in [-0.15, -0.1) is 0 Å². The van der Waals surface area contributed by atoms with Gasteiger partial charge in [-0.1, -0.05) is 51.3 Å². The third-order valence-corrected chi connectivity index (χ3v) is 4.59. The first-order valence-electron chi connectivity index (χ1n) is 10.8. The number of benzene rings is 1. The number of nitrogens with zero attached hydrogens (tertiary/aromatic N) is 1. The predicted molar refractivity (Wildman–Crippen MR) is 121 cm³/mol. The highest BCUT2D eigenvalue weighted by Gasteiger charge is 2.00. The topological polar surface area (TPSA) is 51.2 Å². The Morgan fingerprint density at radius 2 is 1.83 bits per heavy atom. The predicted octanol–water partition coefficient (Wildman–Crippen LogP) is 6.14. The van der Waals surface area contributed by atoms with Gasteiger partial charge in [0, 0.05) is 24.1 Å². The Hall–Kier alpha value is -2.69. The van der Waals surface area contributed by atoms with Crippen molar-refractivity contribution in [3.63, 3.8) is 0 Å². The van der Waals surface area contributed by atoms with E-state index in [0.717, 1.165) is 43.0 Å². The number of rotatable bonds is 13. The highest BCUT2D eigenvalue weighted by atomic mass is 19.1. The Morgan fingerprint density at radius 3 is 2.67 bits per heavy atom. The Kier molecular flexibility index (Phi) is 10.6. The lowest BCUT2D eigenvalue weighted by Crippen LogP contribution is -2.25. The van der Waals surface area contributed by atoms with Gasteiger partial charge in [0.05, 0.1) is 12.1 Å². The van der Waals surface area contributed by atoms with Gasteiger partial charge in [-0.05, 0) is 49.5 Å². The molecule has 4 nitrogen and oxygen atoms in total. The Balaban J connectivity index is 1.51. The molecule has 0 radical (unpaired) electrons. The third-order valence-electron chi connectivity index (χ3n) is 4.59. The Morgan fingerprint density at radius 1 is 1.07 bits per heavy atom. The molecule has 30 heavy (non-hydrogen) atoms. The monoisotopic (exact) mass is 412 g/mol. The fourth-order valence-electron chi connectivity index (χ4n) is 2.91. The standard InChI is InChI=1S/C25H33FN2O2/c1-20(2)19-27-24(29)16-15-22(26)12-7-5-3-4-6-10-18-30-25-17-14-21-11-8-9-13-23(21)28-25/h8-9,11-17,20H,3-7,10,18-19H2,1-2H3,(H,27,29)/b16-15+,22-12-. The van der Waals surface area contributed by atoms with E-state index in [2.05, 4.69) is 10.3 Å². The minimum atomic E-state index is -0.356. The zero-order valence-electron chi connectivity index (χ0n) is 18.1. The second kappa shape index (κ2) is 13.5. The number of para-hydroxylation sites is 1. The molecule has 5 heteroatoms. The number of amides is 1. The summed E-state index contributed by atoms with van der Waals surface area (Å²) in [5.74, 6) is 0.434. The summed E-state index contributed by atoms with van der Waals surface area (Å²) < 4.78 is 19.4. The zero-order chi connectivity index (χ0) is 21.6. The van der Waals surface area contributed by atoms with Gasteiger partial charge in [-0.2, -0.15) is 0 Å². The van der Waals surface area contributed by atoms with Gasteiger partial charge in [0.1, 0.15) is 5.83 Å². The molecule has 2 aromatic rings. The maximum atomic E-state index is 13.7. The van der Waals surface area contributed by atoms with E-state index in [-0.39, 0.29) is 11.7 Å². The molecule has 1 heterocycles. The number of halogens is 1. The highest BCUT2D eigenvalue weighted by molar-refractivity contribution is 5.87. The number of hydrogen-bond acceptors (Lipinski definition) is 3. The van der Waals surface area contributed by atoms with Crippen LogP contribution in [0.1, 0.15) is 52.4 Å². The summed E-state index contributed by atoms with van der Waals surface area (Å²) >= 11 is 0. The lowest BCUT2D eigenvalue weighted by molar-refractivity contribution is -0.116. The minimum Gasteiger partial charge on any atom is -0.478 e. The number of hydrogen-bond donors (Lipinski definition) is 1. The average Bonchev–Trinajstić information content (AvgIpc) is 2.75. The number of unbranched alkanes of at least 4 members (excludes halogenated alkanes) is 5. The zero-order valence-corrected chi connectivity index (χ0v) is 18.1. The van der Waals surface area contributed by atoms with Crippen molar-refractivity contribution in [2.75, 3.05) is 13.2 Å². The Labute approximate surface area is 179 Å². The maximum absolute atomic E-state index is 13.7. The van der Waals surface area contributed by atoms with Gasteiger partial charge >= 0.3 is 0 Å². The minimum absolute atomic E-state index is 0.256.